The van der Waals surface area contributed by atoms with Crippen molar-refractivity contribution < 1.29 is 0 Å². The Morgan fingerprint density at radius 2 is 2.00 bits per heavy atom. The molecule has 0 bridgehead atoms. The molecular weight excluding hydrogens is 246 g/mol. The van der Waals surface area contributed by atoms with E-state index in [1.54, 1.807) is 0 Å². The predicted octanol–water partition coefficient (Wildman–Crippen LogP) is 2.71. The first-order valence-electron chi connectivity index (χ1n) is 8.65. The number of hydrogen-bond acceptors (Lipinski definition) is 3. The maximum atomic E-state index is 3.73. The Balaban J connectivity index is 1.96. The van der Waals surface area contributed by atoms with Crippen molar-refractivity contribution in [3.8, 4) is 0 Å². The average molecular weight is 281 g/mol. The number of nitrogens with zero attached hydrogens (tertiary/aromatic N) is 2. The number of piperazine rings is 1. The lowest BCUT2D eigenvalue weighted by molar-refractivity contribution is 0.0232. The standard InChI is InChI=1S/C17H35N3/c1-6-8-15(11-18-17(3,4)5)20-13-16-9-7-10-19(16)12-14(20)2/h14-16,18H,6-13H2,1-5H3. The summed E-state index contributed by atoms with van der Waals surface area (Å²) in [6.45, 7) is 16.6. The molecule has 118 valence electrons. The molecular formula is C17H35N3. The smallest absolute Gasteiger partial charge is 0.0224 e. The molecule has 2 aliphatic heterocycles. The van der Waals surface area contributed by atoms with Crippen molar-refractivity contribution in [1.29, 1.82) is 0 Å². The molecule has 3 atom stereocenters. The third kappa shape index (κ3) is 4.19. The van der Waals surface area contributed by atoms with Crippen LogP contribution in [0.4, 0.5) is 0 Å². The van der Waals surface area contributed by atoms with Gasteiger partial charge in [-0.15, -0.1) is 0 Å². The Morgan fingerprint density at radius 3 is 2.65 bits per heavy atom. The summed E-state index contributed by atoms with van der Waals surface area (Å²) in [5.74, 6) is 0. The van der Waals surface area contributed by atoms with E-state index < -0.39 is 0 Å². The summed E-state index contributed by atoms with van der Waals surface area (Å²) in [5, 5.41) is 3.73. The van der Waals surface area contributed by atoms with Crippen molar-refractivity contribution in [2.24, 2.45) is 0 Å². The van der Waals surface area contributed by atoms with Crippen LogP contribution in [0.25, 0.3) is 0 Å². The molecule has 0 amide bonds. The fourth-order valence-electron chi connectivity index (χ4n) is 3.86. The largest absolute Gasteiger partial charge is 0.311 e. The molecule has 2 rings (SSSR count). The number of hydrogen-bond donors (Lipinski definition) is 1. The summed E-state index contributed by atoms with van der Waals surface area (Å²) in [6, 6.07) is 2.25. The van der Waals surface area contributed by atoms with Gasteiger partial charge in [-0.2, -0.15) is 0 Å². The van der Waals surface area contributed by atoms with Crippen LogP contribution in [0.3, 0.4) is 0 Å². The maximum Gasteiger partial charge on any atom is 0.0224 e. The SMILES string of the molecule is CCCC(CNC(C)(C)C)N1CC2CCCN2CC1C. The highest BCUT2D eigenvalue weighted by molar-refractivity contribution is 4.94. The highest BCUT2D eigenvalue weighted by Crippen LogP contribution is 2.27. The van der Waals surface area contributed by atoms with E-state index in [4.69, 9.17) is 0 Å². The summed E-state index contributed by atoms with van der Waals surface area (Å²) in [5.41, 5.74) is 0.227. The minimum atomic E-state index is 0.227. The third-order valence-corrected chi connectivity index (χ3v) is 4.94. The van der Waals surface area contributed by atoms with Gasteiger partial charge in [0, 0.05) is 43.3 Å². The summed E-state index contributed by atoms with van der Waals surface area (Å²) >= 11 is 0. The molecule has 3 unspecified atom stereocenters. The van der Waals surface area contributed by atoms with Gasteiger partial charge in [-0.25, -0.2) is 0 Å². The second kappa shape index (κ2) is 6.76. The van der Waals surface area contributed by atoms with E-state index in [1.807, 2.05) is 0 Å². The Kier molecular flexibility index (Phi) is 5.49. The first-order valence-corrected chi connectivity index (χ1v) is 8.65. The van der Waals surface area contributed by atoms with Crippen LogP contribution in [0.15, 0.2) is 0 Å². The van der Waals surface area contributed by atoms with E-state index in [1.165, 1.54) is 45.3 Å². The second-order valence-electron chi connectivity index (χ2n) is 7.91. The van der Waals surface area contributed by atoms with Gasteiger partial charge in [-0.05, 0) is 53.5 Å². The molecule has 0 aliphatic carbocycles. The molecule has 2 heterocycles. The van der Waals surface area contributed by atoms with Crippen molar-refractivity contribution >= 4 is 0 Å². The summed E-state index contributed by atoms with van der Waals surface area (Å²) in [7, 11) is 0. The average Bonchev–Trinajstić information content (AvgIpc) is 2.79. The van der Waals surface area contributed by atoms with Crippen molar-refractivity contribution in [1.82, 2.24) is 15.1 Å². The minimum absolute atomic E-state index is 0.227. The third-order valence-electron chi connectivity index (χ3n) is 4.94. The van der Waals surface area contributed by atoms with Crippen LogP contribution in [0.5, 0.6) is 0 Å². The van der Waals surface area contributed by atoms with Crippen LogP contribution in [0.1, 0.15) is 60.3 Å². The van der Waals surface area contributed by atoms with Crippen LogP contribution in [-0.4, -0.2) is 59.6 Å². The van der Waals surface area contributed by atoms with Crippen molar-refractivity contribution in [3.63, 3.8) is 0 Å². The van der Waals surface area contributed by atoms with Gasteiger partial charge < -0.3 is 5.32 Å². The molecule has 3 heteroatoms. The lowest BCUT2D eigenvalue weighted by atomic mass is 10.0. The van der Waals surface area contributed by atoms with Gasteiger partial charge in [0.05, 0.1) is 0 Å². The molecule has 2 fully saturated rings. The number of fused-ring (bicyclic) bond motifs is 1. The van der Waals surface area contributed by atoms with Gasteiger partial charge in [0.15, 0.2) is 0 Å². The van der Waals surface area contributed by atoms with Crippen LogP contribution >= 0.6 is 0 Å². The minimum Gasteiger partial charge on any atom is -0.311 e. The van der Waals surface area contributed by atoms with Crippen LogP contribution in [0.2, 0.25) is 0 Å². The summed E-state index contributed by atoms with van der Waals surface area (Å²) in [4.78, 5) is 5.52. The van der Waals surface area contributed by atoms with Gasteiger partial charge in [0.1, 0.15) is 0 Å². The van der Waals surface area contributed by atoms with E-state index in [9.17, 15) is 0 Å². The Hall–Kier alpha value is -0.120. The fraction of sp³-hybridized carbons (Fsp3) is 1.00. The lowest BCUT2D eigenvalue weighted by Gasteiger charge is -2.46. The first-order chi connectivity index (χ1) is 9.40. The van der Waals surface area contributed by atoms with E-state index >= 15 is 0 Å². The molecule has 0 spiro atoms. The monoisotopic (exact) mass is 281 g/mol. The zero-order valence-corrected chi connectivity index (χ0v) is 14.3. The number of rotatable bonds is 5. The summed E-state index contributed by atoms with van der Waals surface area (Å²) in [6.07, 6.45) is 5.42. The topological polar surface area (TPSA) is 18.5 Å². The van der Waals surface area contributed by atoms with Gasteiger partial charge in [0.25, 0.3) is 0 Å². The quantitative estimate of drug-likeness (QED) is 0.836. The first kappa shape index (κ1) is 16.3. The molecule has 20 heavy (non-hydrogen) atoms. The molecule has 0 aromatic carbocycles. The fourth-order valence-corrected chi connectivity index (χ4v) is 3.86. The van der Waals surface area contributed by atoms with Crippen molar-refractivity contribution in [2.75, 3.05) is 26.2 Å². The number of nitrogens with one attached hydrogen (secondary N) is 1. The molecule has 0 saturated carbocycles. The molecule has 1 N–H and O–H groups in total. The molecule has 0 aromatic heterocycles. The molecule has 0 radical (unpaired) electrons. The van der Waals surface area contributed by atoms with Gasteiger partial charge >= 0.3 is 0 Å². The highest BCUT2D eigenvalue weighted by atomic mass is 15.3. The Bertz CT molecular complexity index is 297. The van der Waals surface area contributed by atoms with Gasteiger partial charge in [-0.1, -0.05) is 13.3 Å². The van der Waals surface area contributed by atoms with Crippen LogP contribution in [-0.2, 0) is 0 Å². The zero-order chi connectivity index (χ0) is 14.8. The van der Waals surface area contributed by atoms with Crippen molar-refractivity contribution in [2.45, 2.75) is 84.0 Å². The van der Waals surface area contributed by atoms with E-state index in [-0.39, 0.29) is 5.54 Å². The van der Waals surface area contributed by atoms with Crippen LogP contribution in [0, 0.1) is 0 Å². The molecule has 3 nitrogen and oxygen atoms in total. The summed E-state index contributed by atoms with van der Waals surface area (Å²) < 4.78 is 0. The predicted molar refractivity (Wildman–Crippen MR) is 87.2 cm³/mol. The maximum absolute atomic E-state index is 3.73. The van der Waals surface area contributed by atoms with Crippen molar-refractivity contribution in [3.05, 3.63) is 0 Å². The van der Waals surface area contributed by atoms with E-state index in [0.29, 0.717) is 12.1 Å². The normalized spacial score (nSPS) is 30.4. The Morgan fingerprint density at radius 1 is 1.25 bits per heavy atom. The molecule has 0 aromatic rings. The molecule has 2 aliphatic rings. The lowest BCUT2D eigenvalue weighted by Crippen LogP contribution is -2.60. The van der Waals surface area contributed by atoms with Gasteiger partial charge in [-0.3, -0.25) is 9.80 Å². The van der Waals surface area contributed by atoms with Gasteiger partial charge in [0.2, 0.25) is 0 Å². The van der Waals surface area contributed by atoms with E-state index in [2.05, 4.69) is 49.7 Å². The van der Waals surface area contributed by atoms with E-state index in [0.717, 1.165) is 12.6 Å². The second-order valence-corrected chi connectivity index (χ2v) is 7.91. The van der Waals surface area contributed by atoms with Crippen LogP contribution < -0.4 is 5.32 Å². The molecule has 2 saturated heterocycles. The Labute approximate surface area is 126 Å². The highest BCUT2D eigenvalue weighted by Gasteiger charge is 2.37. The zero-order valence-electron chi connectivity index (χ0n) is 14.3.